The van der Waals surface area contributed by atoms with Crippen LogP contribution in [0.2, 0.25) is 5.02 Å². The van der Waals surface area contributed by atoms with Crippen molar-refractivity contribution in [3.63, 3.8) is 0 Å². The molecule has 8 heteroatoms. The molecule has 0 bridgehead atoms. The van der Waals surface area contributed by atoms with Crippen molar-refractivity contribution in [3.8, 4) is 16.9 Å². The maximum Gasteiger partial charge on any atom is 0.417 e. The highest BCUT2D eigenvalue weighted by molar-refractivity contribution is 6.30. The Morgan fingerprint density at radius 3 is 2.42 bits per heavy atom. The van der Waals surface area contributed by atoms with Crippen molar-refractivity contribution in [2.45, 2.75) is 25.9 Å². The molecule has 0 radical (unpaired) electrons. The molecule has 0 saturated heterocycles. The van der Waals surface area contributed by atoms with Crippen molar-refractivity contribution < 1.29 is 27.8 Å². The lowest BCUT2D eigenvalue weighted by Gasteiger charge is -2.26. The first kappa shape index (κ1) is 25.8. The van der Waals surface area contributed by atoms with Crippen LogP contribution in [0.15, 0.2) is 60.7 Å². The van der Waals surface area contributed by atoms with Crippen molar-refractivity contribution in [1.82, 2.24) is 4.98 Å². The fraction of sp³-hybridized carbons (Fsp3) is 0.200. The van der Waals surface area contributed by atoms with Crippen LogP contribution in [-0.4, -0.2) is 23.2 Å². The Morgan fingerprint density at radius 2 is 1.76 bits per heavy atom. The summed E-state index contributed by atoms with van der Waals surface area (Å²) in [5, 5.41) is 11.1. The molecule has 1 aliphatic rings. The molecule has 38 heavy (non-hydrogen) atoms. The van der Waals surface area contributed by atoms with Gasteiger partial charge in [0.15, 0.2) is 0 Å². The third-order valence-corrected chi connectivity index (χ3v) is 7.05. The number of benzene rings is 3. The smallest absolute Gasteiger partial charge is 0.417 e. The van der Waals surface area contributed by atoms with E-state index < -0.39 is 17.7 Å². The summed E-state index contributed by atoms with van der Waals surface area (Å²) in [6.07, 6.45) is -2.18. The molecule has 1 heterocycles. The number of hydrogen-bond donors (Lipinski definition) is 1. The zero-order valence-corrected chi connectivity index (χ0v) is 21.3. The molecule has 3 aromatic carbocycles. The number of alkyl halides is 3. The van der Waals surface area contributed by atoms with Gasteiger partial charge in [0.1, 0.15) is 5.75 Å². The summed E-state index contributed by atoms with van der Waals surface area (Å²) in [6, 6.07) is 15.8. The number of carboxylic acids is 1. The molecule has 5 rings (SSSR count). The van der Waals surface area contributed by atoms with E-state index in [1.54, 1.807) is 48.5 Å². The number of aromatic nitrogens is 1. The van der Waals surface area contributed by atoms with E-state index in [1.165, 1.54) is 19.3 Å². The van der Waals surface area contributed by atoms with Crippen LogP contribution in [0.3, 0.4) is 0 Å². The third kappa shape index (κ3) is 4.86. The number of methoxy groups -OCH3 is 1. The first-order chi connectivity index (χ1) is 18.0. The fourth-order valence-corrected chi connectivity index (χ4v) is 5.20. The zero-order valence-electron chi connectivity index (χ0n) is 20.6. The average molecular weight is 538 g/mol. The van der Waals surface area contributed by atoms with Gasteiger partial charge in [-0.15, -0.1) is 0 Å². The lowest BCUT2D eigenvalue weighted by Crippen LogP contribution is -2.18. The zero-order chi connectivity index (χ0) is 27.2. The number of allylic oxidation sites excluding steroid dienone is 1. The Morgan fingerprint density at radius 1 is 1.05 bits per heavy atom. The second-order valence-corrected chi connectivity index (χ2v) is 9.93. The second-order valence-electron chi connectivity index (χ2n) is 9.49. The van der Waals surface area contributed by atoms with Crippen molar-refractivity contribution in [1.29, 1.82) is 0 Å². The van der Waals surface area contributed by atoms with Crippen LogP contribution < -0.4 is 4.74 Å². The number of halogens is 4. The van der Waals surface area contributed by atoms with Crippen molar-refractivity contribution in [3.05, 3.63) is 93.6 Å². The van der Waals surface area contributed by atoms with Gasteiger partial charge in [0, 0.05) is 10.4 Å². The SMILES string of the molecule is COc1ccc2nc3c(c(C(=O)O)c2c1)CC(C)C/C3=C\c1ccc(-c2ccc(Cl)cc2)cc1C(F)(F)F. The van der Waals surface area contributed by atoms with Gasteiger partial charge >= 0.3 is 12.1 Å². The van der Waals surface area contributed by atoms with Crippen LogP contribution in [-0.2, 0) is 12.6 Å². The van der Waals surface area contributed by atoms with Gasteiger partial charge in [-0.25, -0.2) is 9.78 Å². The van der Waals surface area contributed by atoms with Crippen molar-refractivity contribution in [2.75, 3.05) is 7.11 Å². The Balaban J connectivity index is 1.71. The molecular weight excluding hydrogens is 515 g/mol. The molecular formula is C30H23ClF3NO3. The van der Waals surface area contributed by atoms with E-state index in [2.05, 4.69) is 0 Å². The molecule has 0 spiro atoms. The third-order valence-electron chi connectivity index (χ3n) is 6.80. The average Bonchev–Trinajstić information content (AvgIpc) is 2.87. The number of carbonyl (C=O) groups is 1. The molecule has 0 saturated carbocycles. The van der Waals surface area contributed by atoms with Crippen LogP contribution in [0.1, 0.15) is 46.1 Å². The Kier molecular flexibility index (Phi) is 6.65. The van der Waals surface area contributed by atoms with E-state index in [0.717, 1.165) is 6.07 Å². The normalized spacial score (nSPS) is 16.5. The molecule has 0 aliphatic heterocycles. The maximum atomic E-state index is 14.2. The number of aromatic carboxylic acids is 1. The number of hydrogen-bond acceptors (Lipinski definition) is 3. The highest BCUT2D eigenvalue weighted by Gasteiger charge is 2.34. The molecule has 0 fully saturated rings. The van der Waals surface area contributed by atoms with E-state index >= 15 is 0 Å². The van der Waals surface area contributed by atoms with E-state index in [1.807, 2.05) is 6.92 Å². The summed E-state index contributed by atoms with van der Waals surface area (Å²) >= 11 is 5.94. The van der Waals surface area contributed by atoms with E-state index in [0.29, 0.717) is 62.5 Å². The lowest BCUT2D eigenvalue weighted by molar-refractivity contribution is -0.137. The first-order valence-corrected chi connectivity index (χ1v) is 12.3. The van der Waals surface area contributed by atoms with Crippen LogP contribution in [0.25, 0.3) is 33.7 Å². The predicted octanol–water partition coefficient (Wildman–Crippen LogP) is 8.40. The summed E-state index contributed by atoms with van der Waals surface area (Å²) < 4.78 is 48.0. The van der Waals surface area contributed by atoms with E-state index in [9.17, 15) is 23.1 Å². The minimum atomic E-state index is -4.60. The minimum Gasteiger partial charge on any atom is -0.497 e. The first-order valence-electron chi connectivity index (χ1n) is 12.0. The van der Waals surface area contributed by atoms with Crippen LogP contribution >= 0.6 is 11.6 Å². The van der Waals surface area contributed by atoms with Gasteiger partial charge < -0.3 is 9.84 Å². The Bertz CT molecular complexity index is 1590. The maximum absolute atomic E-state index is 14.2. The number of pyridine rings is 1. The van der Waals surface area contributed by atoms with Gasteiger partial charge in [-0.05, 0) is 89.1 Å². The number of carboxylic acid groups (broad SMARTS) is 1. The molecule has 1 unspecified atom stereocenters. The minimum absolute atomic E-state index is 0.00114. The van der Waals surface area contributed by atoms with Gasteiger partial charge in [-0.3, -0.25) is 0 Å². The largest absolute Gasteiger partial charge is 0.497 e. The molecule has 1 N–H and O–H groups in total. The van der Waals surface area contributed by atoms with Gasteiger partial charge in [-0.1, -0.05) is 42.8 Å². The van der Waals surface area contributed by atoms with Crippen LogP contribution in [0, 0.1) is 5.92 Å². The molecule has 1 atom stereocenters. The standard InChI is InChI=1S/C30H23ClF3NO3/c1-16-11-20(28-24(12-16)27(29(36)37)23-15-22(38-2)9-10-26(23)35-28)13-19-4-3-18(14-25(19)30(32,33)34)17-5-7-21(31)8-6-17/h3-10,13-16H,11-12H2,1-2H3,(H,36,37)/b20-13+. The summed E-state index contributed by atoms with van der Waals surface area (Å²) in [6.45, 7) is 1.95. The summed E-state index contributed by atoms with van der Waals surface area (Å²) in [5.74, 6) is -0.602. The number of ether oxygens (including phenoxy) is 1. The molecule has 1 aromatic heterocycles. The quantitative estimate of drug-likeness (QED) is 0.284. The monoisotopic (exact) mass is 537 g/mol. The van der Waals surface area contributed by atoms with E-state index in [4.69, 9.17) is 21.3 Å². The van der Waals surface area contributed by atoms with Crippen molar-refractivity contribution in [2.24, 2.45) is 5.92 Å². The fourth-order valence-electron chi connectivity index (χ4n) is 5.07. The van der Waals surface area contributed by atoms with Crippen LogP contribution in [0.4, 0.5) is 13.2 Å². The second kappa shape index (κ2) is 9.80. The van der Waals surface area contributed by atoms with Gasteiger partial charge in [0.25, 0.3) is 0 Å². The van der Waals surface area contributed by atoms with E-state index in [-0.39, 0.29) is 17.0 Å². The molecule has 194 valence electrons. The predicted molar refractivity (Wildman–Crippen MR) is 143 cm³/mol. The summed E-state index contributed by atoms with van der Waals surface area (Å²) in [4.78, 5) is 17.1. The van der Waals surface area contributed by atoms with Crippen LogP contribution in [0.5, 0.6) is 5.75 Å². The number of nitrogens with zero attached hydrogens (tertiary/aromatic N) is 1. The Labute approximate surface area is 222 Å². The lowest BCUT2D eigenvalue weighted by atomic mass is 9.80. The summed E-state index contributed by atoms with van der Waals surface area (Å²) in [5.41, 5.74) is 2.32. The molecule has 0 amide bonds. The highest BCUT2D eigenvalue weighted by Crippen LogP contribution is 2.42. The molecule has 4 aromatic rings. The van der Waals surface area contributed by atoms with Gasteiger partial charge in [0.2, 0.25) is 0 Å². The molecule has 4 nitrogen and oxygen atoms in total. The summed E-state index contributed by atoms with van der Waals surface area (Å²) in [7, 11) is 1.49. The van der Waals surface area contributed by atoms with Crippen molar-refractivity contribution >= 4 is 40.1 Å². The highest BCUT2D eigenvalue weighted by atomic mass is 35.5. The topological polar surface area (TPSA) is 59.4 Å². The number of rotatable bonds is 4. The molecule has 1 aliphatic carbocycles. The van der Waals surface area contributed by atoms with Gasteiger partial charge in [-0.2, -0.15) is 13.2 Å². The number of fused-ring (bicyclic) bond motifs is 2. The van der Waals surface area contributed by atoms with Gasteiger partial charge in [0.05, 0.1) is 29.4 Å². The Hall–Kier alpha value is -3.84.